The van der Waals surface area contributed by atoms with Gasteiger partial charge in [0.15, 0.2) is 5.79 Å². The van der Waals surface area contributed by atoms with E-state index in [0.717, 1.165) is 12.8 Å². The lowest BCUT2D eigenvalue weighted by Crippen LogP contribution is -2.39. The highest BCUT2D eigenvalue weighted by Gasteiger charge is 2.51. The van der Waals surface area contributed by atoms with Gasteiger partial charge in [0.1, 0.15) is 0 Å². The topological polar surface area (TPSA) is 18.5 Å². The summed E-state index contributed by atoms with van der Waals surface area (Å²) in [7, 11) is -0.802. The second-order valence-electron chi connectivity index (χ2n) is 13.5. The van der Waals surface area contributed by atoms with Crippen LogP contribution >= 0.6 is 7.92 Å². The van der Waals surface area contributed by atoms with Gasteiger partial charge in [-0.2, -0.15) is 0 Å². The Labute approximate surface area is 276 Å². The number of hydrogen-bond acceptors (Lipinski definition) is 2. The van der Waals surface area contributed by atoms with Crippen molar-refractivity contribution in [3.63, 3.8) is 0 Å². The monoisotopic (exact) mass is 624 g/mol. The van der Waals surface area contributed by atoms with E-state index in [1.54, 1.807) is 0 Å². The Balaban J connectivity index is 1.59. The van der Waals surface area contributed by atoms with E-state index in [4.69, 9.17) is 9.47 Å². The normalized spacial score (nSPS) is 20.7. The van der Waals surface area contributed by atoms with Crippen LogP contribution in [0.15, 0.2) is 103 Å². The molecule has 2 heterocycles. The zero-order chi connectivity index (χ0) is 32.0. The molecule has 46 heavy (non-hydrogen) atoms. The molecule has 0 aromatic heterocycles. The van der Waals surface area contributed by atoms with E-state index in [0.29, 0.717) is 13.2 Å². The second-order valence-corrected chi connectivity index (χ2v) is 16.0. The van der Waals surface area contributed by atoms with Crippen LogP contribution in [0.1, 0.15) is 68.7 Å². The molecule has 2 aliphatic heterocycles. The predicted octanol–water partition coefficient (Wildman–Crippen LogP) is 11.0. The maximum atomic E-state index is 6.59. The minimum absolute atomic E-state index is 0.255. The number of hydrogen-bond donors (Lipinski definition) is 0. The van der Waals surface area contributed by atoms with Gasteiger partial charge in [-0.05, 0) is 102 Å². The molecule has 7 rings (SSSR count). The van der Waals surface area contributed by atoms with Gasteiger partial charge >= 0.3 is 0 Å². The second kappa shape index (κ2) is 12.6. The van der Waals surface area contributed by atoms with Crippen LogP contribution in [0.2, 0.25) is 0 Å². The summed E-state index contributed by atoms with van der Waals surface area (Å²) in [6, 6.07) is 39.0. The zero-order valence-corrected chi connectivity index (χ0v) is 29.0. The van der Waals surface area contributed by atoms with Crippen LogP contribution in [0, 0.1) is 41.5 Å². The first-order valence-corrected chi connectivity index (χ1v) is 18.2. The molecule has 2 atom stereocenters. The quantitative estimate of drug-likeness (QED) is 0.181. The molecule has 5 aromatic rings. The van der Waals surface area contributed by atoms with E-state index in [2.05, 4.69) is 145 Å². The first-order chi connectivity index (χ1) is 22.2. The molecule has 0 amide bonds. The van der Waals surface area contributed by atoms with Gasteiger partial charge in [0, 0.05) is 24.2 Å². The van der Waals surface area contributed by atoms with E-state index in [1.165, 1.54) is 72.1 Å². The third kappa shape index (κ3) is 5.66. The molecule has 0 N–H and O–H groups in total. The molecular weight excluding hydrogens is 579 g/mol. The van der Waals surface area contributed by atoms with Crippen molar-refractivity contribution in [2.75, 3.05) is 13.2 Å². The van der Waals surface area contributed by atoms with Crippen LogP contribution in [0.3, 0.4) is 0 Å². The number of ether oxygens (including phenoxy) is 2. The van der Waals surface area contributed by atoms with Gasteiger partial charge in [-0.25, -0.2) is 0 Å². The highest BCUT2D eigenvalue weighted by atomic mass is 31.1. The number of rotatable bonds is 5. The molecule has 2 unspecified atom stereocenters. The predicted molar refractivity (Wildman–Crippen MR) is 195 cm³/mol. The van der Waals surface area contributed by atoms with Crippen molar-refractivity contribution >= 4 is 13.2 Å². The molecule has 0 bridgehead atoms. The van der Waals surface area contributed by atoms with E-state index in [9.17, 15) is 0 Å². The summed E-state index contributed by atoms with van der Waals surface area (Å²) in [5.41, 5.74) is 16.8. The Hall–Kier alpha value is -3.55. The molecule has 1 spiro atoms. The summed E-state index contributed by atoms with van der Waals surface area (Å²) >= 11 is 0. The highest BCUT2D eigenvalue weighted by Crippen LogP contribution is 2.71. The van der Waals surface area contributed by atoms with Gasteiger partial charge in [0.25, 0.3) is 0 Å². The Bertz CT molecular complexity index is 1700. The van der Waals surface area contributed by atoms with Crippen LogP contribution in [0.25, 0.3) is 22.3 Å². The Kier molecular flexibility index (Phi) is 8.49. The molecular formula is C43H45O2P. The number of benzene rings is 5. The molecule has 2 saturated heterocycles. The summed E-state index contributed by atoms with van der Waals surface area (Å²) < 4.78 is 13.2. The lowest BCUT2D eigenvalue weighted by Gasteiger charge is -2.48. The maximum Gasteiger partial charge on any atom is 0.170 e. The fraction of sp³-hybridized carbons (Fsp3) is 0.302. The lowest BCUT2D eigenvalue weighted by molar-refractivity contribution is -0.170. The standard InChI is InChI=1S/C43H45O2P/c1-28-22-30(3)40(31(4)23-28)36-18-13-19-37(41-32(5)24-29(2)25-33(41)6)42(36)46-38(34-14-9-7-10-15-34)26-43(44-20-21-45-43)27-39(46)35-16-11-8-12-17-35/h7-19,22-25,38-39H,20-21,26-27H2,1-6H3. The Morgan fingerprint density at radius 1 is 0.522 bits per heavy atom. The maximum absolute atomic E-state index is 6.59. The van der Waals surface area contributed by atoms with Gasteiger partial charge < -0.3 is 9.47 Å². The minimum Gasteiger partial charge on any atom is -0.347 e. The van der Waals surface area contributed by atoms with E-state index in [-0.39, 0.29) is 11.3 Å². The molecule has 0 radical (unpaired) electrons. The zero-order valence-electron chi connectivity index (χ0n) is 28.1. The highest BCUT2D eigenvalue weighted by molar-refractivity contribution is 7.67. The molecule has 5 aromatic carbocycles. The third-order valence-electron chi connectivity index (χ3n) is 10.0. The molecule has 0 aliphatic carbocycles. The van der Waals surface area contributed by atoms with Crippen LogP contribution < -0.4 is 5.30 Å². The third-order valence-corrected chi connectivity index (χ3v) is 13.4. The van der Waals surface area contributed by atoms with Crippen molar-refractivity contribution in [3.05, 3.63) is 148 Å². The van der Waals surface area contributed by atoms with Crippen LogP contribution in [-0.2, 0) is 9.47 Å². The minimum atomic E-state index is -0.802. The fourth-order valence-electron chi connectivity index (χ4n) is 8.47. The Morgan fingerprint density at radius 2 is 0.913 bits per heavy atom. The van der Waals surface area contributed by atoms with Crippen molar-refractivity contribution in [1.29, 1.82) is 0 Å². The number of aryl methyl sites for hydroxylation is 6. The molecule has 2 nitrogen and oxygen atoms in total. The average molecular weight is 625 g/mol. The van der Waals surface area contributed by atoms with Crippen molar-refractivity contribution < 1.29 is 9.47 Å². The van der Waals surface area contributed by atoms with Crippen LogP contribution in [-0.4, -0.2) is 19.0 Å². The first-order valence-electron chi connectivity index (χ1n) is 16.7. The summed E-state index contributed by atoms with van der Waals surface area (Å²) in [6.45, 7) is 14.9. The molecule has 0 saturated carbocycles. The Morgan fingerprint density at radius 3 is 1.30 bits per heavy atom. The van der Waals surface area contributed by atoms with E-state index >= 15 is 0 Å². The molecule has 2 fully saturated rings. The molecule has 2 aliphatic rings. The SMILES string of the molecule is Cc1cc(C)c(-c2cccc(-c3c(C)cc(C)cc3C)c2P2C(c3ccccc3)CC3(CC2c2ccccc2)OCCO3)c(C)c1. The van der Waals surface area contributed by atoms with E-state index in [1.807, 2.05) is 0 Å². The van der Waals surface area contributed by atoms with Gasteiger partial charge in [-0.1, -0.05) is 122 Å². The average Bonchev–Trinajstić information content (AvgIpc) is 3.48. The summed E-state index contributed by atoms with van der Waals surface area (Å²) in [6.07, 6.45) is 1.72. The summed E-state index contributed by atoms with van der Waals surface area (Å²) in [5.74, 6) is -0.569. The van der Waals surface area contributed by atoms with Gasteiger partial charge in [0.2, 0.25) is 0 Å². The summed E-state index contributed by atoms with van der Waals surface area (Å²) in [5, 5.41) is 1.51. The fourth-order valence-corrected chi connectivity index (χ4v) is 12.4. The van der Waals surface area contributed by atoms with Crippen molar-refractivity contribution in [1.82, 2.24) is 0 Å². The van der Waals surface area contributed by atoms with Gasteiger partial charge in [0.05, 0.1) is 13.2 Å². The largest absolute Gasteiger partial charge is 0.347 e. The van der Waals surface area contributed by atoms with Crippen molar-refractivity contribution in [2.24, 2.45) is 0 Å². The summed E-state index contributed by atoms with van der Waals surface area (Å²) in [4.78, 5) is 0. The lowest BCUT2D eigenvalue weighted by atomic mass is 9.89. The van der Waals surface area contributed by atoms with Crippen molar-refractivity contribution in [3.8, 4) is 22.3 Å². The van der Waals surface area contributed by atoms with Crippen LogP contribution in [0.4, 0.5) is 0 Å². The van der Waals surface area contributed by atoms with Crippen molar-refractivity contribution in [2.45, 2.75) is 71.5 Å². The van der Waals surface area contributed by atoms with Gasteiger partial charge in [-0.3, -0.25) is 0 Å². The molecule has 3 heteroatoms. The van der Waals surface area contributed by atoms with Gasteiger partial charge in [-0.15, -0.1) is 0 Å². The molecule has 234 valence electrons. The van der Waals surface area contributed by atoms with Crippen LogP contribution in [0.5, 0.6) is 0 Å². The first kappa shape index (κ1) is 31.1. The smallest absolute Gasteiger partial charge is 0.170 e. The van der Waals surface area contributed by atoms with E-state index < -0.39 is 13.7 Å².